The smallest absolute Gasteiger partial charge is 0.0208 e. The van der Waals surface area contributed by atoms with E-state index in [9.17, 15) is 0 Å². The van der Waals surface area contributed by atoms with Crippen molar-refractivity contribution in [1.29, 1.82) is 0 Å². The Hall–Kier alpha value is 0.430. The summed E-state index contributed by atoms with van der Waals surface area (Å²) in [6.45, 7) is 3.83. The van der Waals surface area contributed by atoms with Crippen LogP contribution in [0.1, 0.15) is 5.56 Å². The first kappa shape index (κ1) is 7.54. The Morgan fingerprint density at radius 3 is 2.56 bits per heavy atom. The molecule has 0 aliphatic rings. The van der Waals surface area contributed by atoms with Crippen molar-refractivity contribution < 1.29 is 0 Å². The fraction of sp³-hybridized carbons (Fsp3) is 0. The SMILES string of the molecule is [CH2]c1cc(I)ccc1Br. The van der Waals surface area contributed by atoms with Crippen molar-refractivity contribution in [1.82, 2.24) is 0 Å². The highest BCUT2D eigenvalue weighted by atomic mass is 127. The molecule has 0 bridgehead atoms. The minimum atomic E-state index is 1.04. The lowest BCUT2D eigenvalue weighted by Gasteiger charge is -1.95. The summed E-state index contributed by atoms with van der Waals surface area (Å²) in [4.78, 5) is 0. The van der Waals surface area contributed by atoms with Crippen molar-refractivity contribution in [3.63, 3.8) is 0 Å². The predicted molar refractivity (Wildman–Crippen MR) is 51.3 cm³/mol. The van der Waals surface area contributed by atoms with Crippen molar-refractivity contribution in [2.45, 2.75) is 0 Å². The third-order valence-electron chi connectivity index (χ3n) is 1.01. The maximum Gasteiger partial charge on any atom is 0.0208 e. The number of benzene rings is 1. The maximum atomic E-state index is 3.83. The molecular weight excluding hydrogens is 291 g/mol. The highest BCUT2D eigenvalue weighted by Gasteiger charge is 1.91. The Morgan fingerprint density at radius 1 is 1.44 bits per heavy atom. The lowest BCUT2D eigenvalue weighted by molar-refractivity contribution is 1.52. The minimum absolute atomic E-state index is 1.04. The fourth-order valence-corrected chi connectivity index (χ4v) is 1.35. The molecule has 0 aliphatic heterocycles. The molecule has 0 fully saturated rings. The van der Waals surface area contributed by atoms with E-state index in [2.05, 4.69) is 45.4 Å². The molecule has 0 spiro atoms. The van der Waals surface area contributed by atoms with Gasteiger partial charge in [-0.1, -0.05) is 15.9 Å². The van der Waals surface area contributed by atoms with Crippen molar-refractivity contribution in [3.8, 4) is 0 Å². The molecule has 1 aromatic carbocycles. The van der Waals surface area contributed by atoms with E-state index in [-0.39, 0.29) is 0 Å². The Balaban J connectivity index is 3.17. The molecule has 0 nitrogen and oxygen atoms in total. The van der Waals surface area contributed by atoms with Crippen LogP contribution in [0.25, 0.3) is 0 Å². The zero-order valence-corrected chi connectivity index (χ0v) is 8.44. The highest BCUT2D eigenvalue weighted by molar-refractivity contribution is 14.1. The maximum absolute atomic E-state index is 3.83. The summed E-state index contributed by atoms with van der Waals surface area (Å²) in [6.07, 6.45) is 0. The summed E-state index contributed by atoms with van der Waals surface area (Å²) in [6, 6.07) is 6.08. The number of halogens is 2. The van der Waals surface area contributed by atoms with Gasteiger partial charge < -0.3 is 0 Å². The van der Waals surface area contributed by atoms with Gasteiger partial charge in [0.15, 0.2) is 0 Å². The van der Waals surface area contributed by atoms with Gasteiger partial charge in [0.1, 0.15) is 0 Å². The van der Waals surface area contributed by atoms with Crippen LogP contribution in [-0.2, 0) is 0 Å². The molecule has 0 heterocycles. The molecule has 0 unspecified atom stereocenters. The summed E-state index contributed by atoms with van der Waals surface area (Å²) in [5.74, 6) is 0. The second-order valence-corrected chi connectivity index (χ2v) is 3.84. The van der Waals surface area contributed by atoms with Crippen molar-refractivity contribution in [2.75, 3.05) is 0 Å². The lowest BCUT2D eigenvalue weighted by atomic mass is 10.2. The molecule has 9 heavy (non-hydrogen) atoms. The van der Waals surface area contributed by atoms with Gasteiger partial charge in [-0.2, -0.15) is 0 Å². The quantitative estimate of drug-likeness (QED) is 0.645. The van der Waals surface area contributed by atoms with Crippen LogP contribution in [-0.4, -0.2) is 0 Å². The number of rotatable bonds is 0. The Morgan fingerprint density at radius 2 is 2.11 bits per heavy atom. The first-order chi connectivity index (χ1) is 4.20. The fourth-order valence-electron chi connectivity index (χ4n) is 0.543. The van der Waals surface area contributed by atoms with Crippen LogP contribution in [0.15, 0.2) is 22.7 Å². The molecule has 1 aromatic rings. The Kier molecular flexibility index (Phi) is 2.52. The molecule has 0 saturated carbocycles. The zero-order chi connectivity index (χ0) is 6.85. The second kappa shape index (κ2) is 3.01. The van der Waals surface area contributed by atoms with Crippen LogP contribution in [0, 0.1) is 10.5 Å². The summed E-state index contributed by atoms with van der Waals surface area (Å²) < 4.78 is 2.30. The zero-order valence-electron chi connectivity index (χ0n) is 4.70. The third-order valence-corrected chi connectivity index (χ3v) is 2.45. The highest BCUT2D eigenvalue weighted by Crippen LogP contribution is 2.17. The van der Waals surface area contributed by atoms with E-state index < -0.39 is 0 Å². The summed E-state index contributed by atoms with van der Waals surface area (Å²) in [7, 11) is 0. The van der Waals surface area contributed by atoms with Crippen LogP contribution in [0.3, 0.4) is 0 Å². The van der Waals surface area contributed by atoms with E-state index >= 15 is 0 Å². The van der Waals surface area contributed by atoms with Gasteiger partial charge in [0, 0.05) is 8.04 Å². The van der Waals surface area contributed by atoms with Gasteiger partial charge in [0.25, 0.3) is 0 Å². The van der Waals surface area contributed by atoms with Crippen LogP contribution < -0.4 is 0 Å². The number of hydrogen-bond acceptors (Lipinski definition) is 0. The molecule has 0 aliphatic carbocycles. The first-order valence-electron chi connectivity index (χ1n) is 2.47. The van der Waals surface area contributed by atoms with Gasteiger partial charge in [-0.05, 0) is 53.3 Å². The molecule has 2 heteroatoms. The van der Waals surface area contributed by atoms with Gasteiger partial charge in [-0.15, -0.1) is 0 Å². The van der Waals surface area contributed by atoms with E-state index in [1.165, 1.54) is 3.57 Å². The molecule has 0 aromatic heterocycles. The Bertz CT molecular complexity index is 220. The molecule has 1 radical (unpaired) electrons. The summed E-state index contributed by atoms with van der Waals surface area (Å²) in [5, 5.41) is 0. The molecule has 0 N–H and O–H groups in total. The molecule has 0 atom stereocenters. The largest absolute Gasteiger partial charge is 0.0505 e. The van der Waals surface area contributed by atoms with E-state index in [0.29, 0.717) is 0 Å². The normalized spacial score (nSPS) is 9.67. The number of hydrogen-bond donors (Lipinski definition) is 0. The van der Waals surface area contributed by atoms with Crippen LogP contribution in [0.4, 0.5) is 0 Å². The molecule has 1 rings (SSSR count). The monoisotopic (exact) mass is 295 g/mol. The van der Waals surface area contributed by atoms with Crippen LogP contribution >= 0.6 is 38.5 Å². The summed E-state index contributed by atoms with van der Waals surface area (Å²) in [5.41, 5.74) is 1.04. The Labute approximate surface area is 76.9 Å². The van der Waals surface area contributed by atoms with Crippen molar-refractivity contribution in [3.05, 3.63) is 38.7 Å². The van der Waals surface area contributed by atoms with Gasteiger partial charge in [-0.3, -0.25) is 0 Å². The first-order valence-corrected chi connectivity index (χ1v) is 4.34. The van der Waals surface area contributed by atoms with E-state index in [1.54, 1.807) is 0 Å². The van der Waals surface area contributed by atoms with Crippen molar-refractivity contribution >= 4 is 38.5 Å². The van der Waals surface area contributed by atoms with Gasteiger partial charge in [0.05, 0.1) is 0 Å². The predicted octanol–water partition coefficient (Wildman–Crippen LogP) is 3.24. The molecule has 0 saturated heterocycles. The van der Waals surface area contributed by atoms with E-state index in [1.807, 2.05) is 18.2 Å². The molecule has 0 amide bonds. The van der Waals surface area contributed by atoms with Gasteiger partial charge in [-0.25, -0.2) is 0 Å². The van der Waals surface area contributed by atoms with Crippen LogP contribution in [0.2, 0.25) is 0 Å². The second-order valence-electron chi connectivity index (χ2n) is 1.74. The van der Waals surface area contributed by atoms with Gasteiger partial charge >= 0.3 is 0 Å². The van der Waals surface area contributed by atoms with Gasteiger partial charge in [0.2, 0.25) is 0 Å². The summed E-state index contributed by atoms with van der Waals surface area (Å²) >= 11 is 5.62. The average molecular weight is 296 g/mol. The minimum Gasteiger partial charge on any atom is -0.0505 e. The van der Waals surface area contributed by atoms with Crippen LogP contribution in [0.5, 0.6) is 0 Å². The van der Waals surface area contributed by atoms with E-state index in [4.69, 9.17) is 0 Å². The van der Waals surface area contributed by atoms with E-state index in [0.717, 1.165) is 10.0 Å². The average Bonchev–Trinajstić information content (AvgIpc) is 1.80. The molecule has 47 valence electrons. The molecular formula is C7H5BrI. The third kappa shape index (κ3) is 1.93. The standard InChI is InChI=1S/C7H5BrI/c1-5-4-6(9)2-3-7(5)8/h2-4H,1H2. The topological polar surface area (TPSA) is 0 Å². The van der Waals surface area contributed by atoms with Crippen molar-refractivity contribution in [2.24, 2.45) is 0 Å². The lowest BCUT2D eigenvalue weighted by Crippen LogP contribution is -1.75.